The Morgan fingerprint density at radius 2 is 2.33 bits per heavy atom. The molecule has 2 rings (SSSR count). The summed E-state index contributed by atoms with van der Waals surface area (Å²) in [6.45, 7) is 1.25. The minimum Gasteiger partial charge on any atom is -0.271 e. The van der Waals surface area contributed by atoms with Crippen molar-refractivity contribution in [1.29, 1.82) is 0 Å². The van der Waals surface area contributed by atoms with Crippen LogP contribution in [-0.2, 0) is 4.84 Å². The molecular weight excluding hydrogens is 281 g/mol. The SMILES string of the molecule is O=C(c1ccc(Cl)cc1Br)N1CCCO1. The number of benzene rings is 1. The van der Waals surface area contributed by atoms with Crippen molar-refractivity contribution in [3.8, 4) is 0 Å². The Balaban J connectivity index is 2.24. The van der Waals surface area contributed by atoms with E-state index in [1.165, 1.54) is 5.06 Å². The van der Waals surface area contributed by atoms with Crippen LogP contribution >= 0.6 is 27.5 Å². The molecule has 0 radical (unpaired) electrons. The lowest BCUT2D eigenvalue weighted by atomic mass is 10.2. The molecule has 15 heavy (non-hydrogen) atoms. The summed E-state index contributed by atoms with van der Waals surface area (Å²) in [6.07, 6.45) is 0.886. The van der Waals surface area contributed by atoms with Crippen molar-refractivity contribution >= 4 is 33.4 Å². The first-order valence-corrected chi connectivity index (χ1v) is 5.75. The lowest BCUT2D eigenvalue weighted by Gasteiger charge is -2.14. The highest BCUT2D eigenvalue weighted by Gasteiger charge is 2.22. The highest BCUT2D eigenvalue weighted by molar-refractivity contribution is 9.10. The van der Waals surface area contributed by atoms with Crippen molar-refractivity contribution in [3.63, 3.8) is 0 Å². The summed E-state index contributed by atoms with van der Waals surface area (Å²) >= 11 is 9.10. The van der Waals surface area contributed by atoms with E-state index in [4.69, 9.17) is 16.4 Å². The summed E-state index contributed by atoms with van der Waals surface area (Å²) in [5, 5.41) is 1.98. The van der Waals surface area contributed by atoms with Gasteiger partial charge in [-0.2, -0.15) is 0 Å². The maximum atomic E-state index is 11.9. The van der Waals surface area contributed by atoms with Crippen molar-refractivity contribution in [1.82, 2.24) is 5.06 Å². The van der Waals surface area contributed by atoms with Gasteiger partial charge in [0.1, 0.15) is 0 Å². The van der Waals surface area contributed by atoms with E-state index in [0.717, 1.165) is 6.42 Å². The average molecular weight is 291 g/mol. The number of carbonyl (C=O) groups excluding carboxylic acids is 1. The van der Waals surface area contributed by atoms with Gasteiger partial charge in [0.25, 0.3) is 5.91 Å². The molecule has 0 atom stereocenters. The quantitative estimate of drug-likeness (QED) is 0.796. The van der Waals surface area contributed by atoms with Gasteiger partial charge >= 0.3 is 0 Å². The highest BCUT2D eigenvalue weighted by atomic mass is 79.9. The molecule has 0 aromatic heterocycles. The molecule has 0 aliphatic carbocycles. The molecule has 1 amide bonds. The molecule has 3 nitrogen and oxygen atoms in total. The Bertz CT molecular complexity index is 391. The van der Waals surface area contributed by atoms with E-state index >= 15 is 0 Å². The van der Waals surface area contributed by atoms with Crippen molar-refractivity contribution in [3.05, 3.63) is 33.3 Å². The fourth-order valence-corrected chi connectivity index (χ4v) is 2.26. The van der Waals surface area contributed by atoms with E-state index in [2.05, 4.69) is 15.9 Å². The Hall–Kier alpha value is -0.580. The first kappa shape index (κ1) is 10.9. The van der Waals surface area contributed by atoms with Gasteiger partial charge in [-0.05, 0) is 40.5 Å². The van der Waals surface area contributed by atoms with E-state index < -0.39 is 0 Å². The summed E-state index contributed by atoms with van der Waals surface area (Å²) in [5.41, 5.74) is 0.571. The van der Waals surface area contributed by atoms with Gasteiger partial charge in [-0.25, -0.2) is 5.06 Å². The highest BCUT2D eigenvalue weighted by Crippen LogP contribution is 2.23. The van der Waals surface area contributed by atoms with E-state index in [-0.39, 0.29) is 5.91 Å². The van der Waals surface area contributed by atoms with Gasteiger partial charge in [0.2, 0.25) is 0 Å². The van der Waals surface area contributed by atoms with Crippen LogP contribution in [0.25, 0.3) is 0 Å². The molecule has 0 unspecified atom stereocenters. The van der Waals surface area contributed by atoms with Crippen molar-refractivity contribution in [2.24, 2.45) is 0 Å². The zero-order valence-electron chi connectivity index (χ0n) is 7.87. The van der Waals surface area contributed by atoms with Crippen LogP contribution in [0.1, 0.15) is 16.8 Å². The van der Waals surface area contributed by atoms with Crippen molar-refractivity contribution in [2.75, 3.05) is 13.2 Å². The summed E-state index contributed by atoms with van der Waals surface area (Å²) < 4.78 is 0.690. The first-order valence-electron chi connectivity index (χ1n) is 4.58. The van der Waals surface area contributed by atoms with Gasteiger partial charge in [-0.3, -0.25) is 9.63 Å². The lowest BCUT2D eigenvalue weighted by Crippen LogP contribution is -2.26. The number of hydroxylamine groups is 2. The van der Waals surface area contributed by atoms with Crippen LogP contribution in [0.2, 0.25) is 5.02 Å². The molecule has 1 saturated heterocycles. The number of hydrogen-bond acceptors (Lipinski definition) is 2. The molecule has 5 heteroatoms. The van der Waals surface area contributed by atoms with Crippen molar-refractivity contribution in [2.45, 2.75) is 6.42 Å². The predicted molar refractivity (Wildman–Crippen MR) is 60.8 cm³/mol. The molecule has 0 spiro atoms. The van der Waals surface area contributed by atoms with Gasteiger partial charge in [0.05, 0.1) is 18.7 Å². The zero-order chi connectivity index (χ0) is 10.8. The predicted octanol–water partition coefficient (Wildman–Crippen LogP) is 2.88. The molecular formula is C10H9BrClNO2. The summed E-state index contributed by atoms with van der Waals surface area (Å²) in [6, 6.07) is 5.08. The molecule has 1 aliphatic heterocycles. The van der Waals surface area contributed by atoms with E-state index in [0.29, 0.717) is 28.2 Å². The number of hydrogen-bond donors (Lipinski definition) is 0. The number of rotatable bonds is 1. The van der Waals surface area contributed by atoms with Crippen LogP contribution in [0.4, 0.5) is 0 Å². The van der Waals surface area contributed by atoms with Crippen LogP contribution in [0, 0.1) is 0 Å². The third-order valence-electron chi connectivity index (χ3n) is 2.14. The van der Waals surface area contributed by atoms with Crippen LogP contribution in [-0.4, -0.2) is 24.1 Å². The molecule has 0 saturated carbocycles. The third kappa shape index (κ3) is 2.33. The average Bonchev–Trinajstić information content (AvgIpc) is 2.69. The summed E-state index contributed by atoms with van der Waals surface area (Å²) in [5.74, 6) is -0.129. The number of amides is 1. The Labute approximate surface area is 101 Å². The van der Waals surface area contributed by atoms with Gasteiger partial charge in [-0.15, -0.1) is 0 Å². The number of halogens is 2. The van der Waals surface area contributed by atoms with Crippen LogP contribution in [0.15, 0.2) is 22.7 Å². The Morgan fingerprint density at radius 3 is 2.93 bits per heavy atom. The Morgan fingerprint density at radius 1 is 1.53 bits per heavy atom. The molecule has 1 aliphatic rings. The standard InChI is InChI=1S/C10H9BrClNO2/c11-9-6-7(12)2-3-8(9)10(14)13-4-1-5-15-13/h2-3,6H,1,4-5H2. The molecule has 0 N–H and O–H groups in total. The topological polar surface area (TPSA) is 29.5 Å². The molecule has 1 aromatic rings. The van der Waals surface area contributed by atoms with Crippen LogP contribution < -0.4 is 0 Å². The fourth-order valence-electron chi connectivity index (χ4n) is 1.40. The molecule has 1 heterocycles. The minimum absolute atomic E-state index is 0.129. The zero-order valence-corrected chi connectivity index (χ0v) is 10.2. The monoisotopic (exact) mass is 289 g/mol. The van der Waals surface area contributed by atoms with Crippen molar-refractivity contribution < 1.29 is 9.63 Å². The van der Waals surface area contributed by atoms with Gasteiger partial charge < -0.3 is 0 Å². The fraction of sp³-hybridized carbons (Fsp3) is 0.300. The second kappa shape index (κ2) is 4.51. The van der Waals surface area contributed by atoms with E-state index in [9.17, 15) is 4.79 Å². The van der Waals surface area contributed by atoms with Gasteiger partial charge in [0.15, 0.2) is 0 Å². The smallest absolute Gasteiger partial charge is 0.271 e. The number of carbonyl (C=O) groups is 1. The van der Waals surface area contributed by atoms with Crippen LogP contribution in [0.3, 0.4) is 0 Å². The largest absolute Gasteiger partial charge is 0.278 e. The Kier molecular flexibility index (Phi) is 3.29. The minimum atomic E-state index is -0.129. The molecule has 1 aromatic carbocycles. The normalized spacial score (nSPS) is 15.7. The molecule has 80 valence electrons. The van der Waals surface area contributed by atoms with Gasteiger partial charge in [-0.1, -0.05) is 11.6 Å². The molecule has 1 fully saturated rings. The summed E-state index contributed by atoms with van der Waals surface area (Å²) in [4.78, 5) is 17.1. The second-order valence-electron chi connectivity index (χ2n) is 3.22. The third-order valence-corrected chi connectivity index (χ3v) is 3.03. The number of nitrogens with zero attached hydrogens (tertiary/aromatic N) is 1. The lowest BCUT2D eigenvalue weighted by molar-refractivity contribution is -0.0768. The maximum Gasteiger partial charge on any atom is 0.278 e. The van der Waals surface area contributed by atoms with Crippen LogP contribution in [0.5, 0.6) is 0 Å². The van der Waals surface area contributed by atoms with E-state index in [1.807, 2.05) is 0 Å². The van der Waals surface area contributed by atoms with E-state index in [1.54, 1.807) is 18.2 Å². The summed E-state index contributed by atoms with van der Waals surface area (Å²) in [7, 11) is 0. The van der Waals surface area contributed by atoms with Gasteiger partial charge in [0, 0.05) is 9.50 Å². The first-order chi connectivity index (χ1) is 7.18. The molecule has 0 bridgehead atoms. The maximum absolute atomic E-state index is 11.9. The second-order valence-corrected chi connectivity index (χ2v) is 4.51.